The average Bonchev–Trinajstić information content (AvgIpc) is 2.66. The summed E-state index contributed by atoms with van der Waals surface area (Å²) in [5.41, 5.74) is -1.02. The lowest BCUT2D eigenvalue weighted by Gasteiger charge is -2.51. The lowest BCUT2D eigenvalue weighted by atomic mass is 9.95. The van der Waals surface area contributed by atoms with Crippen LogP contribution >= 0.6 is 0 Å². The zero-order valence-corrected chi connectivity index (χ0v) is 17.5. The van der Waals surface area contributed by atoms with Gasteiger partial charge in [-0.1, -0.05) is 0 Å². The second-order valence-electron chi connectivity index (χ2n) is 6.96. The van der Waals surface area contributed by atoms with Gasteiger partial charge in [0.05, 0.1) is 13.7 Å². The van der Waals surface area contributed by atoms with E-state index in [1.165, 1.54) is 27.9 Å². The number of aromatic amines is 1. The molecule has 13 nitrogen and oxygen atoms in total. The highest BCUT2D eigenvalue weighted by Crippen LogP contribution is 2.40. The van der Waals surface area contributed by atoms with Crippen molar-refractivity contribution in [1.29, 1.82) is 0 Å². The van der Waals surface area contributed by atoms with Gasteiger partial charge in [0, 0.05) is 27.7 Å². The molecule has 1 fully saturated rings. The molecule has 31 heavy (non-hydrogen) atoms. The van der Waals surface area contributed by atoms with Crippen LogP contribution in [0.3, 0.4) is 0 Å². The predicted molar refractivity (Wildman–Crippen MR) is 102 cm³/mol. The van der Waals surface area contributed by atoms with Gasteiger partial charge in [0.25, 0.3) is 11.6 Å². The summed E-state index contributed by atoms with van der Waals surface area (Å²) < 4.78 is 21.4. The van der Waals surface area contributed by atoms with E-state index in [-0.39, 0.29) is 24.1 Å². The van der Waals surface area contributed by atoms with Gasteiger partial charge in [-0.15, -0.1) is 0 Å². The molecule has 1 N–H and O–H groups in total. The van der Waals surface area contributed by atoms with Gasteiger partial charge in [0.1, 0.15) is 6.04 Å². The topological polar surface area (TPSA) is 157 Å². The molecule has 0 radical (unpaired) electrons. The van der Waals surface area contributed by atoms with E-state index >= 15 is 0 Å². The van der Waals surface area contributed by atoms with E-state index in [1.54, 1.807) is 0 Å². The smallest absolute Gasteiger partial charge is 0.303 e. The Kier molecular flexibility index (Phi) is 5.97. The van der Waals surface area contributed by atoms with Gasteiger partial charge in [-0.05, 0) is 0 Å². The quantitative estimate of drug-likeness (QED) is 0.586. The molecule has 4 atom stereocenters. The third-order valence-corrected chi connectivity index (χ3v) is 4.79. The van der Waals surface area contributed by atoms with Gasteiger partial charge in [-0.25, -0.2) is 0 Å². The maximum absolute atomic E-state index is 12.8. The van der Waals surface area contributed by atoms with E-state index in [0.717, 1.165) is 16.7 Å². The normalized spacial score (nSPS) is 24.5. The Labute approximate surface area is 176 Å². The summed E-state index contributed by atoms with van der Waals surface area (Å²) in [5, 5.41) is 0. The van der Waals surface area contributed by atoms with Gasteiger partial charge in [0.15, 0.2) is 29.9 Å². The van der Waals surface area contributed by atoms with Crippen molar-refractivity contribution in [3.05, 3.63) is 10.4 Å². The molecule has 1 aromatic heterocycles. The molecule has 3 rings (SSSR count). The van der Waals surface area contributed by atoms with Crippen LogP contribution in [0.5, 0.6) is 6.01 Å². The number of carbonyl (C=O) groups is 4. The van der Waals surface area contributed by atoms with E-state index in [0.29, 0.717) is 0 Å². The lowest BCUT2D eigenvalue weighted by Crippen LogP contribution is -2.71. The summed E-state index contributed by atoms with van der Waals surface area (Å²) in [6.07, 6.45) is -3.48. The van der Waals surface area contributed by atoms with E-state index in [2.05, 4.69) is 9.97 Å². The molecule has 1 aromatic rings. The second kappa shape index (κ2) is 8.34. The summed E-state index contributed by atoms with van der Waals surface area (Å²) >= 11 is 0. The molecule has 0 saturated carbocycles. The molecule has 1 saturated heterocycles. The minimum absolute atomic E-state index is 0.155. The monoisotopic (exact) mass is 438 g/mol. The van der Waals surface area contributed by atoms with Crippen molar-refractivity contribution >= 4 is 35.3 Å². The number of nitrogens with zero attached hydrogens (tertiary/aromatic N) is 3. The van der Waals surface area contributed by atoms with E-state index in [4.69, 9.17) is 18.9 Å². The van der Waals surface area contributed by atoms with Crippen LogP contribution in [0, 0.1) is 0 Å². The fourth-order valence-corrected chi connectivity index (χ4v) is 3.80. The number of ether oxygens (including phenoxy) is 4. The van der Waals surface area contributed by atoms with E-state index < -0.39 is 53.8 Å². The van der Waals surface area contributed by atoms with E-state index in [9.17, 15) is 24.0 Å². The van der Waals surface area contributed by atoms with Crippen molar-refractivity contribution in [3.63, 3.8) is 0 Å². The summed E-state index contributed by atoms with van der Waals surface area (Å²) in [5.74, 6) is -2.69. The molecule has 0 aliphatic carbocycles. The number of amides is 2. The van der Waals surface area contributed by atoms with Gasteiger partial charge in [0.2, 0.25) is 11.8 Å². The number of hydrogen-bond acceptors (Lipinski definition) is 10. The van der Waals surface area contributed by atoms with Gasteiger partial charge in [-0.3, -0.25) is 38.8 Å². The highest BCUT2D eigenvalue weighted by atomic mass is 16.6. The highest BCUT2D eigenvalue weighted by Gasteiger charge is 2.56. The molecular formula is C18H22N4O9. The van der Waals surface area contributed by atoms with Crippen LogP contribution in [0.25, 0.3) is 0 Å². The first-order chi connectivity index (χ1) is 14.6. The van der Waals surface area contributed by atoms with Crippen molar-refractivity contribution in [3.8, 4) is 6.01 Å². The summed E-state index contributed by atoms with van der Waals surface area (Å²) in [7, 11) is 1.27. The molecule has 0 aromatic carbocycles. The minimum Gasteiger partial charge on any atom is -0.468 e. The number of carbonyl (C=O) groups excluding carboxylic acids is 4. The van der Waals surface area contributed by atoms with Gasteiger partial charge < -0.3 is 18.9 Å². The third kappa shape index (κ3) is 3.95. The number of anilines is 2. The standard InChI is InChI=1S/C18H22N4O9/c1-7(23)21-12-14(31-10(4)26)11(30-9(3)25)6-29-17(12)22(8(2)24)15-13(21)16(27)20-18(19-15)28-5/h11-12,14,17H,6H2,1-5H3,(H,19,20,27)/t11-,12-,14-,17+/m1/s1. The first-order valence-corrected chi connectivity index (χ1v) is 9.30. The van der Waals surface area contributed by atoms with Crippen LogP contribution < -0.4 is 20.1 Å². The lowest BCUT2D eigenvalue weighted by molar-refractivity contribution is -0.193. The van der Waals surface area contributed by atoms with Crippen LogP contribution in [0.1, 0.15) is 27.7 Å². The first kappa shape index (κ1) is 22.2. The number of hydrogen-bond donors (Lipinski definition) is 1. The molecule has 0 bridgehead atoms. The fourth-order valence-electron chi connectivity index (χ4n) is 3.80. The zero-order valence-electron chi connectivity index (χ0n) is 17.5. The van der Waals surface area contributed by atoms with Crippen molar-refractivity contribution in [2.75, 3.05) is 23.5 Å². The van der Waals surface area contributed by atoms with Crippen molar-refractivity contribution in [1.82, 2.24) is 9.97 Å². The molecule has 0 spiro atoms. The SMILES string of the molecule is COc1nc2c(c(=O)[nH]1)N(C(C)=O)[C@@H]1[C@H](OC(C)=O)[C@H](OC(C)=O)CO[C@@H]1N2C(C)=O. The van der Waals surface area contributed by atoms with Crippen molar-refractivity contribution < 1.29 is 38.1 Å². The maximum atomic E-state index is 12.8. The molecule has 168 valence electrons. The number of nitrogens with one attached hydrogen (secondary N) is 1. The first-order valence-electron chi connectivity index (χ1n) is 9.30. The second-order valence-corrected chi connectivity index (χ2v) is 6.96. The van der Waals surface area contributed by atoms with Gasteiger partial charge >= 0.3 is 11.9 Å². The number of esters is 2. The van der Waals surface area contributed by atoms with Crippen LogP contribution in [0.4, 0.5) is 11.5 Å². The summed E-state index contributed by atoms with van der Waals surface area (Å²) in [6, 6.07) is -1.37. The number of methoxy groups -OCH3 is 1. The number of aromatic nitrogens is 2. The van der Waals surface area contributed by atoms with Crippen molar-refractivity contribution in [2.24, 2.45) is 0 Å². The number of H-pyrrole nitrogens is 1. The summed E-state index contributed by atoms with van der Waals surface area (Å²) in [6.45, 7) is 4.49. The third-order valence-electron chi connectivity index (χ3n) is 4.79. The summed E-state index contributed by atoms with van der Waals surface area (Å²) in [4.78, 5) is 70.1. The molecular weight excluding hydrogens is 416 g/mol. The Balaban J connectivity index is 2.26. The molecule has 13 heteroatoms. The largest absolute Gasteiger partial charge is 0.468 e. The molecule has 0 unspecified atom stereocenters. The Morgan fingerprint density at radius 3 is 2.16 bits per heavy atom. The Morgan fingerprint density at radius 2 is 1.65 bits per heavy atom. The molecule has 3 heterocycles. The van der Waals surface area contributed by atoms with Crippen LogP contribution in [-0.4, -0.2) is 71.9 Å². The average molecular weight is 438 g/mol. The molecule has 2 amide bonds. The molecule has 2 aliphatic heterocycles. The number of rotatable bonds is 3. The van der Waals surface area contributed by atoms with E-state index in [1.807, 2.05) is 0 Å². The molecule has 2 aliphatic rings. The highest BCUT2D eigenvalue weighted by molar-refractivity contribution is 6.02. The van der Waals surface area contributed by atoms with Crippen molar-refractivity contribution in [2.45, 2.75) is 52.2 Å². The van der Waals surface area contributed by atoms with Crippen LogP contribution in [0.15, 0.2) is 4.79 Å². The maximum Gasteiger partial charge on any atom is 0.303 e. The Hall–Kier alpha value is -3.48. The Morgan fingerprint density at radius 1 is 1.03 bits per heavy atom. The Bertz CT molecular complexity index is 991. The predicted octanol–water partition coefficient (Wildman–Crippen LogP) is -0.914. The van der Waals surface area contributed by atoms with Crippen LogP contribution in [-0.2, 0) is 33.4 Å². The number of fused-ring (bicyclic) bond motifs is 2. The van der Waals surface area contributed by atoms with Gasteiger partial charge in [-0.2, -0.15) is 4.98 Å². The minimum atomic E-state index is -1.22. The van der Waals surface area contributed by atoms with Crippen LogP contribution in [0.2, 0.25) is 0 Å². The fraction of sp³-hybridized carbons (Fsp3) is 0.556. The zero-order chi connectivity index (χ0) is 23.0.